The molecule has 1 aliphatic carbocycles. The van der Waals surface area contributed by atoms with Gasteiger partial charge in [-0.15, -0.1) is 0 Å². The summed E-state index contributed by atoms with van der Waals surface area (Å²) in [6, 6.07) is 10.7. The maximum atomic E-state index is 15.3. The highest BCUT2D eigenvalue weighted by atomic mass is 35.5. The number of rotatable bonds is 8. The molecule has 1 amide bonds. The van der Waals surface area contributed by atoms with Crippen LogP contribution in [-0.2, 0) is 11.3 Å². The van der Waals surface area contributed by atoms with Crippen LogP contribution < -0.4 is 9.64 Å². The minimum Gasteiger partial charge on any atom is -0.463 e. The summed E-state index contributed by atoms with van der Waals surface area (Å²) >= 11 is 6.10. The molecule has 2 bridgehead atoms. The number of anilines is 1. The zero-order valence-electron chi connectivity index (χ0n) is 26.9. The van der Waals surface area contributed by atoms with Crippen molar-refractivity contribution in [1.82, 2.24) is 29.7 Å². The van der Waals surface area contributed by atoms with Crippen LogP contribution in [0.2, 0.25) is 5.15 Å². The van der Waals surface area contributed by atoms with E-state index < -0.39 is 11.4 Å². The van der Waals surface area contributed by atoms with Gasteiger partial charge >= 0.3 is 12.1 Å². The van der Waals surface area contributed by atoms with Gasteiger partial charge in [0.05, 0.1) is 24.1 Å². The lowest BCUT2D eigenvalue weighted by Crippen LogP contribution is -2.57. The van der Waals surface area contributed by atoms with Gasteiger partial charge < -0.3 is 19.3 Å². The molecule has 3 aliphatic heterocycles. The SMILES string of the molecule is CC(C)(C)OC(=O)N1C2CCC1CN(c1nc(OCC3(CN4CCN(Cc5ccccc5)CC4)CC3)nc3c(F)c(Cl)ncc13)C2. The van der Waals surface area contributed by atoms with E-state index in [1.165, 1.54) is 11.8 Å². The number of pyridine rings is 1. The van der Waals surface area contributed by atoms with Gasteiger partial charge in [-0.25, -0.2) is 14.2 Å². The number of halogens is 2. The quantitative estimate of drug-likeness (QED) is 0.298. The normalized spacial score (nSPS) is 23.2. The van der Waals surface area contributed by atoms with E-state index >= 15 is 4.39 Å². The van der Waals surface area contributed by atoms with Crippen molar-refractivity contribution in [3.63, 3.8) is 0 Å². The Morgan fingerprint density at radius 3 is 2.35 bits per heavy atom. The van der Waals surface area contributed by atoms with E-state index in [9.17, 15) is 4.79 Å². The van der Waals surface area contributed by atoms with Crippen molar-refractivity contribution in [2.45, 2.75) is 70.7 Å². The number of carbonyl (C=O) groups excluding carboxylic acids is 1. The first-order valence-electron chi connectivity index (χ1n) is 16.5. The van der Waals surface area contributed by atoms with E-state index in [-0.39, 0.29) is 40.3 Å². The third-order valence-electron chi connectivity index (χ3n) is 9.72. The zero-order valence-corrected chi connectivity index (χ0v) is 27.7. The number of benzene rings is 1. The lowest BCUT2D eigenvalue weighted by Gasteiger charge is -2.42. The maximum Gasteiger partial charge on any atom is 0.410 e. The van der Waals surface area contributed by atoms with Crippen molar-refractivity contribution in [3.8, 4) is 6.01 Å². The van der Waals surface area contributed by atoms with E-state index in [0.29, 0.717) is 30.9 Å². The number of nitrogens with zero attached hydrogens (tertiary/aromatic N) is 7. The molecule has 0 radical (unpaired) electrons. The fourth-order valence-corrected chi connectivity index (χ4v) is 7.30. The smallest absolute Gasteiger partial charge is 0.410 e. The number of aromatic nitrogens is 3. The Morgan fingerprint density at radius 1 is 1.02 bits per heavy atom. The Kier molecular flexibility index (Phi) is 8.44. The highest BCUT2D eigenvalue weighted by molar-refractivity contribution is 6.30. The third-order valence-corrected chi connectivity index (χ3v) is 9.99. The summed E-state index contributed by atoms with van der Waals surface area (Å²) in [5.74, 6) is -0.124. The van der Waals surface area contributed by atoms with Crippen molar-refractivity contribution in [3.05, 3.63) is 53.1 Å². The average molecular weight is 652 g/mol. The highest BCUT2D eigenvalue weighted by Gasteiger charge is 2.47. The van der Waals surface area contributed by atoms with Crippen molar-refractivity contribution in [1.29, 1.82) is 0 Å². The first-order chi connectivity index (χ1) is 22.1. The topological polar surface area (TPSA) is 87.2 Å². The van der Waals surface area contributed by atoms with Crippen LogP contribution in [0.3, 0.4) is 0 Å². The minimum atomic E-state index is -0.683. The number of amides is 1. The fourth-order valence-electron chi connectivity index (χ4n) is 7.16. The molecule has 0 N–H and O–H groups in total. The fraction of sp³-hybridized carbons (Fsp3) is 0.588. The number of fused-ring (bicyclic) bond motifs is 3. The van der Waals surface area contributed by atoms with Crippen LogP contribution in [-0.4, -0.2) is 106 Å². The van der Waals surface area contributed by atoms with Crippen LogP contribution in [0.15, 0.2) is 36.5 Å². The number of hydrogen-bond acceptors (Lipinski definition) is 9. The van der Waals surface area contributed by atoms with Gasteiger partial charge in [0.2, 0.25) is 0 Å². The van der Waals surface area contributed by atoms with Crippen molar-refractivity contribution in [2.24, 2.45) is 5.41 Å². The molecule has 4 aliphatic rings. The van der Waals surface area contributed by atoms with Crippen LogP contribution in [0.25, 0.3) is 10.9 Å². The molecule has 1 aromatic carbocycles. The van der Waals surface area contributed by atoms with Crippen LogP contribution in [0.1, 0.15) is 52.0 Å². The summed E-state index contributed by atoms with van der Waals surface area (Å²) in [6.07, 6.45) is 5.14. The van der Waals surface area contributed by atoms with E-state index in [1.807, 2.05) is 25.7 Å². The predicted octanol–water partition coefficient (Wildman–Crippen LogP) is 5.38. The lowest BCUT2D eigenvalue weighted by molar-refractivity contribution is 0.0122. The molecule has 246 valence electrons. The molecule has 5 heterocycles. The van der Waals surface area contributed by atoms with Gasteiger partial charge in [-0.05, 0) is 52.0 Å². The summed E-state index contributed by atoms with van der Waals surface area (Å²) < 4.78 is 27.3. The predicted molar refractivity (Wildman–Crippen MR) is 175 cm³/mol. The van der Waals surface area contributed by atoms with Crippen LogP contribution in [0.4, 0.5) is 15.0 Å². The molecule has 2 unspecified atom stereocenters. The summed E-state index contributed by atoms with van der Waals surface area (Å²) in [4.78, 5) is 35.5. The molecule has 3 aromatic rings. The molecule has 46 heavy (non-hydrogen) atoms. The molecule has 12 heteroatoms. The zero-order chi connectivity index (χ0) is 32.1. The maximum absolute atomic E-state index is 15.3. The number of ether oxygens (including phenoxy) is 2. The Labute approximate surface area is 274 Å². The molecule has 4 fully saturated rings. The lowest BCUT2D eigenvalue weighted by atomic mass is 10.1. The molecule has 1 saturated carbocycles. The van der Waals surface area contributed by atoms with Gasteiger partial charge in [-0.2, -0.15) is 9.97 Å². The van der Waals surface area contributed by atoms with Gasteiger partial charge in [-0.1, -0.05) is 41.9 Å². The Hall–Kier alpha value is -3.28. The molecule has 10 nitrogen and oxygen atoms in total. The van der Waals surface area contributed by atoms with Crippen molar-refractivity contribution < 1.29 is 18.7 Å². The second-order valence-electron chi connectivity index (χ2n) is 14.5. The van der Waals surface area contributed by atoms with Gasteiger partial charge in [0.15, 0.2) is 11.0 Å². The molecule has 2 aromatic heterocycles. The number of hydrogen-bond donors (Lipinski definition) is 0. The van der Waals surface area contributed by atoms with Crippen molar-refractivity contribution >= 4 is 34.4 Å². The minimum absolute atomic E-state index is 0.0315. The van der Waals surface area contributed by atoms with Gasteiger partial charge in [-0.3, -0.25) is 9.80 Å². The van der Waals surface area contributed by atoms with E-state index in [2.05, 4.69) is 55.0 Å². The van der Waals surface area contributed by atoms with Crippen LogP contribution >= 0.6 is 11.6 Å². The second kappa shape index (κ2) is 12.4. The largest absolute Gasteiger partial charge is 0.463 e. The van der Waals surface area contributed by atoms with Crippen LogP contribution in [0.5, 0.6) is 6.01 Å². The first-order valence-corrected chi connectivity index (χ1v) is 16.8. The highest BCUT2D eigenvalue weighted by Crippen LogP contribution is 2.47. The summed E-state index contributed by atoms with van der Waals surface area (Å²) in [5.41, 5.74) is 0.929. The molecule has 2 atom stereocenters. The van der Waals surface area contributed by atoms with Gasteiger partial charge in [0.1, 0.15) is 16.9 Å². The second-order valence-corrected chi connectivity index (χ2v) is 14.8. The van der Waals surface area contributed by atoms with Crippen LogP contribution in [0, 0.1) is 11.2 Å². The Morgan fingerprint density at radius 2 is 1.70 bits per heavy atom. The van der Waals surface area contributed by atoms with E-state index in [1.54, 1.807) is 0 Å². The monoisotopic (exact) mass is 651 g/mol. The number of carbonyl (C=O) groups is 1. The van der Waals surface area contributed by atoms with Crippen molar-refractivity contribution in [2.75, 3.05) is 57.3 Å². The van der Waals surface area contributed by atoms with E-state index in [0.717, 1.165) is 65.0 Å². The summed E-state index contributed by atoms with van der Waals surface area (Å²) in [7, 11) is 0. The standard InChI is InChI=1S/C34H43ClFN7O3/c1-33(2,3)46-32(44)43-24-9-10-25(43)20-42(19-24)30-26-17-37-29(35)27(36)28(26)38-31(39-30)45-22-34(11-12-34)21-41-15-13-40(14-16-41)18-23-7-5-4-6-8-23/h4-8,17,24-25H,9-16,18-22H2,1-3H3. The van der Waals surface area contributed by atoms with Gasteiger partial charge in [0, 0.05) is 64.0 Å². The van der Waals surface area contributed by atoms with Gasteiger partial charge in [0.25, 0.3) is 0 Å². The molecule has 7 rings (SSSR count). The molecule has 3 saturated heterocycles. The Bertz CT molecular complexity index is 1560. The molecular weight excluding hydrogens is 609 g/mol. The third kappa shape index (κ3) is 6.73. The molecular formula is C34H43ClFN7O3. The average Bonchev–Trinajstić information content (AvgIpc) is 3.74. The number of piperazine rings is 2. The van der Waals surface area contributed by atoms with E-state index in [4.69, 9.17) is 26.1 Å². The molecule has 0 spiro atoms. The Balaban J connectivity index is 1.03. The first kappa shape index (κ1) is 31.3. The summed E-state index contributed by atoms with van der Waals surface area (Å²) in [5, 5.41) is 0.247. The summed E-state index contributed by atoms with van der Waals surface area (Å²) in [6.45, 7) is 13.3.